The van der Waals surface area contributed by atoms with Crippen LogP contribution in [0.3, 0.4) is 0 Å². The second kappa shape index (κ2) is 4.49. The van der Waals surface area contributed by atoms with Crippen molar-refractivity contribution < 1.29 is 9.26 Å². The topological polar surface area (TPSA) is 61.3 Å². The summed E-state index contributed by atoms with van der Waals surface area (Å²) >= 11 is 0. The van der Waals surface area contributed by atoms with Gasteiger partial charge in [0.05, 0.1) is 11.7 Å². The number of benzene rings is 1. The van der Waals surface area contributed by atoms with E-state index < -0.39 is 0 Å². The van der Waals surface area contributed by atoms with E-state index in [1.165, 1.54) is 0 Å². The van der Waals surface area contributed by atoms with Crippen LogP contribution >= 0.6 is 0 Å². The maximum absolute atomic E-state index is 5.74. The first-order valence-electron chi connectivity index (χ1n) is 5.56. The molecule has 1 aromatic carbocycles. The molecule has 0 spiro atoms. The number of aryl methyl sites for hydroxylation is 1. The Morgan fingerprint density at radius 3 is 2.65 bits per heavy atom. The molecule has 2 N–H and O–H groups in total. The van der Waals surface area contributed by atoms with Gasteiger partial charge in [0.25, 0.3) is 0 Å². The zero-order valence-electron chi connectivity index (χ0n) is 10.2. The normalized spacial score (nSPS) is 10.8. The first kappa shape index (κ1) is 11.5. The first-order valence-corrected chi connectivity index (χ1v) is 5.56. The van der Waals surface area contributed by atoms with E-state index in [-0.39, 0.29) is 6.10 Å². The van der Waals surface area contributed by atoms with Crippen molar-refractivity contribution in [1.82, 2.24) is 5.16 Å². The summed E-state index contributed by atoms with van der Waals surface area (Å²) in [5.41, 5.74) is 7.57. The molecule has 0 radical (unpaired) electrons. The van der Waals surface area contributed by atoms with Crippen LogP contribution in [0.4, 0.5) is 5.82 Å². The van der Waals surface area contributed by atoms with Crippen LogP contribution < -0.4 is 10.5 Å². The zero-order valence-corrected chi connectivity index (χ0v) is 10.2. The maximum atomic E-state index is 5.74. The average molecular weight is 232 g/mol. The minimum Gasteiger partial charge on any atom is -0.490 e. The highest BCUT2D eigenvalue weighted by Gasteiger charge is 2.12. The van der Waals surface area contributed by atoms with Crippen molar-refractivity contribution in [3.63, 3.8) is 0 Å². The van der Waals surface area contributed by atoms with E-state index in [1.54, 1.807) is 6.07 Å². The van der Waals surface area contributed by atoms with Gasteiger partial charge in [0.15, 0.2) is 11.6 Å². The average Bonchev–Trinajstić information content (AvgIpc) is 2.67. The lowest BCUT2D eigenvalue weighted by Crippen LogP contribution is -2.06. The molecule has 0 fully saturated rings. The SMILES string of the molecule is Cc1ccc(OC(C)C)c(-c2cc(N)no2)c1. The second-order valence-electron chi connectivity index (χ2n) is 4.28. The Labute approximate surface area is 100 Å². The van der Waals surface area contributed by atoms with E-state index in [9.17, 15) is 0 Å². The molecule has 0 unspecified atom stereocenters. The Kier molecular flexibility index (Phi) is 3.04. The quantitative estimate of drug-likeness (QED) is 0.883. The van der Waals surface area contributed by atoms with E-state index in [1.807, 2.05) is 39.0 Å². The van der Waals surface area contributed by atoms with Gasteiger partial charge in [-0.3, -0.25) is 0 Å². The minimum absolute atomic E-state index is 0.108. The van der Waals surface area contributed by atoms with Crippen molar-refractivity contribution in [1.29, 1.82) is 0 Å². The molecule has 1 heterocycles. The van der Waals surface area contributed by atoms with E-state index in [2.05, 4.69) is 5.16 Å². The van der Waals surface area contributed by atoms with Crippen LogP contribution in [-0.2, 0) is 0 Å². The van der Waals surface area contributed by atoms with Crippen LogP contribution in [0.15, 0.2) is 28.8 Å². The van der Waals surface area contributed by atoms with Gasteiger partial charge in [0.1, 0.15) is 5.75 Å². The Balaban J connectivity index is 2.46. The molecule has 4 nitrogen and oxygen atoms in total. The summed E-state index contributed by atoms with van der Waals surface area (Å²) in [7, 11) is 0. The van der Waals surface area contributed by atoms with Crippen LogP contribution in [0.2, 0.25) is 0 Å². The summed E-state index contributed by atoms with van der Waals surface area (Å²) in [6.07, 6.45) is 0.108. The molecule has 2 aromatic rings. The molecule has 0 aliphatic rings. The Bertz CT molecular complexity index is 518. The third-order valence-electron chi connectivity index (χ3n) is 2.29. The van der Waals surface area contributed by atoms with Crippen molar-refractivity contribution in [3.8, 4) is 17.1 Å². The smallest absolute Gasteiger partial charge is 0.172 e. The van der Waals surface area contributed by atoms with Crippen molar-refractivity contribution >= 4 is 5.82 Å². The lowest BCUT2D eigenvalue weighted by molar-refractivity contribution is 0.242. The van der Waals surface area contributed by atoms with Gasteiger partial charge in [-0.05, 0) is 32.9 Å². The zero-order chi connectivity index (χ0) is 12.4. The number of nitrogen functional groups attached to an aromatic ring is 1. The number of hydrogen-bond donors (Lipinski definition) is 1. The number of rotatable bonds is 3. The van der Waals surface area contributed by atoms with Gasteiger partial charge < -0.3 is 15.0 Å². The molecule has 0 amide bonds. The fraction of sp³-hybridized carbons (Fsp3) is 0.308. The number of nitrogens with two attached hydrogens (primary N) is 1. The van der Waals surface area contributed by atoms with Crippen molar-refractivity contribution in [3.05, 3.63) is 29.8 Å². The van der Waals surface area contributed by atoms with E-state index >= 15 is 0 Å². The van der Waals surface area contributed by atoms with Crippen LogP contribution in [-0.4, -0.2) is 11.3 Å². The number of anilines is 1. The summed E-state index contributed by atoms with van der Waals surface area (Å²) in [6.45, 7) is 5.99. The molecular weight excluding hydrogens is 216 g/mol. The number of nitrogens with zero attached hydrogens (tertiary/aromatic N) is 1. The van der Waals surface area contributed by atoms with Crippen LogP contribution in [0.5, 0.6) is 5.75 Å². The summed E-state index contributed by atoms with van der Waals surface area (Å²) in [6, 6.07) is 7.63. The molecule has 4 heteroatoms. The van der Waals surface area contributed by atoms with Crippen LogP contribution in [0, 0.1) is 6.92 Å². The fourth-order valence-corrected chi connectivity index (χ4v) is 1.61. The van der Waals surface area contributed by atoms with Crippen molar-refractivity contribution in [2.75, 3.05) is 5.73 Å². The summed E-state index contributed by atoms with van der Waals surface area (Å²) < 4.78 is 10.9. The maximum Gasteiger partial charge on any atom is 0.172 e. The Morgan fingerprint density at radius 2 is 2.06 bits per heavy atom. The van der Waals surface area contributed by atoms with Gasteiger partial charge in [-0.1, -0.05) is 16.8 Å². The standard InChI is InChI=1S/C13H16N2O2/c1-8(2)16-11-5-4-9(3)6-10(11)12-7-13(14)15-17-12/h4-8H,1-3H3,(H2,14,15). The number of aromatic nitrogens is 1. The molecule has 0 saturated carbocycles. The fourth-order valence-electron chi connectivity index (χ4n) is 1.61. The minimum atomic E-state index is 0.108. The largest absolute Gasteiger partial charge is 0.490 e. The Hall–Kier alpha value is -1.97. The summed E-state index contributed by atoms with van der Waals surface area (Å²) in [4.78, 5) is 0. The molecule has 0 saturated heterocycles. The monoisotopic (exact) mass is 232 g/mol. The molecule has 0 aliphatic heterocycles. The third kappa shape index (κ3) is 2.58. The number of hydrogen-bond acceptors (Lipinski definition) is 4. The molecule has 1 aromatic heterocycles. The second-order valence-corrected chi connectivity index (χ2v) is 4.28. The van der Waals surface area contributed by atoms with E-state index in [0.29, 0.717) is 11.6 Å². The van der Waals surface area contributed by atoms with Gasteiger partial charge in [-0.15, -0.1) is 0 Å². The van der Waals surface area contributed by atoms with Gasteiger partial charge in [-0.25, -0.2) is 0 Å². The highest BCUT2D eigenvalue weighted by molar-refractivity contribution is 5.68. The predicted octanol–water partition coefficient (Wildman–Crippen LogP) is 3.02. The lowest BCUT2D eigenvalue weighted by atomic mass is 10.1. The molecule has 2 rings (SSSR count). The predicted molar refractivity (Wildman–Crippen MR) is 66.9 cm³/mol. The van der Waals surface area contributed by atoms with Gasteiger partial charge in [-0.2, -0.15) is 0 Å². The molecule has 0 bridgehead atoms. The highest BCUT2D eigenvalue weighted by atomic mass is 16.5. The van der Waals surface area contributed by atoms with E-state index in [4.69, 9.17) is 15.0 Å². The molecule has 90 valence electrons. The lowest BCUT2D eigenvalue weighted by Gasteiger charge is -2.13. The molecular formula is C13H16N2O2. The van der Waals surface area contributed by atoms with Gasteiger partial charge >= 0.3 is 0 Å². The van der Waals surface area contributed by atoms with Gasteiger partial charge in [0.2, 0.25) is 0 Å². The van der Waals surface area contributed by atoms with Crippen LogP contribution in [0.25, 0.3) is 11.3 Å². The molecule has 17 heavy (non-hydrogen) atoms. The first-order chi connectivity index (χ1) is 8.06. The summed E-state index contributed by atoms with van der Waals surface area (Å²) in [5.74, 6) is 1.78. The molecule has 0 aliphatic carbocycles. The highest BCUT2D eigenvalue weighted by Crippen LogP contribution is 2.32. The van der Waals surface area contributed by atoms with Crippen LogP contribution in [0.1, 0.15) is 19.4 Å². The Morgan fingerprint density at radius 1 is 1.29 bits per heavy atom. The number of ether oxygens (including phenoxy) is 1. The van der Waals surface area contributed by atoms with Gasteiger partial charge in [0, 0.05) is 6.07 Å². The van der Waals surface area contributed by atoms with E-state index in [0.717, 1.165) is 16.9 Å². The summed E-state index contributed by atoms with van der Waals surface area (Å²) in [5, 5.41) is 3.69. The molecule has 0 atom stereocenters. The van der Waals surface area contributed by atoms with Crippen molar-refractivity contribution in [2.45, 2.75) is 26.9 Å². The van der Waals surface area contributed by atoms with Crippen molar-refractivity contribution in [2.24, 2.45) is 0 Å². The third-order valence-corrected chi connectivity index (χ3v) is 2.29.